The van der Waals surface area contributed by atoms with Crippen LogP contribution in [-0.2, 0) is 18.2 Å². The van der Waals surface area contributed by atoms with E-state index in [2.05, 4.69) is 21.9 Å². The van der Waals surface area contributed by atoms with E-state index >= 15 is 0 Å². The summed E-state index contributed by atoms with van der Waals surface area (Å²) in [5.41, 5.74) is 2.79. The Bertz CT molecular complexity index is 371. The number of hydrogen-bond donors (Lipinski definition) is 2. The number of hydrogen-bond acceptors (Lipinski definition) is 4. The Morgan fingerprint density at radius 2 is 2.44 bits per heavy atom. The summed E-state index contributed by atoms with van der Waals surface area (Å²) in [7, 11) is 2.02. The molecule has 2 unspecified atom stereocenters. The Kier molecular flexibility index (Phi) is 4.37. The van der Waals surface area contributed by atoms with Crippen LogP contribution in [0.25, 0.3) is 0 Å². The molecule has 1 fully saturated rings. The van der Waals surface area contributed by atoms with Crippen molar-refractivity contribution in [1.29, 1.82) is 0 Å². The summed E-state index contributed by atoms with van der Waals surface area (Å²) in [6.07, 6.45) is 9.11. The van der Waals surface area contributed by atoms with Crippen LogP contribution in [0.5, 0.6) is 0 Å². The molecule has 5 heteroatoms. The summed E-state index contributed by atoms with van der Waals surface area (Å²) in [5.74, 6) is 6.80. The van der Waals surface area contributed by atoms with Crippen LogP contribution in [0.3, 0.4) is 0 Å². The molecule has 1 aliphatic rings. The van der Waals surface area contributed by atoms with Crippen LogP contribution < -0.4 is 11.3 Å². The van der Waals surface area contributed by atoms with Crippen molar-refractivity contribution in [3.8, 4) is 0 Å². The zero-order valence-corrected chi connectivity index (χ0v) is 11.4. The molecule has 0 spiro atoms. The van der Waals surface area contributed by atoms with E-state index < -0.39 is 0 Å². The van der Waals surface area contributed by atoms with Gasteiger partial charge in [-0.1, -0.05) is 0 Å². The first-order chi connectivity index (χ1) is 8.65. The lowest BCUT2D eigenvalue weighted by Gasteiger charge is -2.40. The van der Waals surface area contributed by atoms with Gasteiger partial charge in [-0.2, -0.15) is 0 Å². The lowest BCUT2D eigenvalue weighted by molar-refractivity contribution is -0.0901. The van der Waals surface area contributed by atoms with E-state index in [-0.39, 0.29) is 11.6 Å². The predicted octanol–water partition coefficient (Wildman–Crippen LogP) is 1.14. The zero-order chi connectivity index (χ0) is 13.0. The minimum atomic E-state index is -0.141. The van der Waals surface area contributed by atoms with Crippen LogP contribution in [0.1, 0.15) is 38.4 Å². The quantitative estimate of drug-likeness (QED) is 0.609. The van der Waals surface area contributed by atoms with Gasteiger partial charge in [0.05, 0.1) is 11.6 Å². The second-order valence-corrected chi connectivity index (χ2v) is 5.33. The molecule has 2 rings (SSSR count). The van der Waals surface area contributed by atoms with Gasteiger partial charge in [0.1, 0.15) is 5.82 Å². The van der Waals surface area contributed by atoms with Crippen LogP contribution in [-0.4, -0.2) is 27.8 Å². The van der Waals surface area contributed by atoms with E-state index in [1.165, 1.54) is 6.42 Å². The molecule has 0 aromatic carbocycles. The molecule has 0 bridgehead atoms. The van der Waals surface area contributed by atoms with Crippen molar-refractivity contribution in [2.75, 3.05) is 6.61 Å². The molecule has 0 saturated carbocycles. The van der Waals surface area contributed by atoms with E-state index in [0.717, 1.165) is 38.1 Å². The van der Waals surface area contributed by atoms with Gasteiger partial charge < -0.3 is 9.30 Å². The normalized spacial score (nSPS) is 26.2. The minimum absolute atomic E-state index is 0.141. The highest BCUT2D eigenvalue weighted by Gasteiger charge is 2.36. The molecule has 5 nitrogen and oxygen atoms in total. The van der Waals surface area contributed by atoms with Gasteiger partial charge in [-0.05, 0) is 32.6 Å². The molecule has 0 aliphatic carbocycles. The van der Waals surface area contributed by atoms with Crippen LogP contribution in [0, 0.1) is 0 Å². The van der Waals surface area contributed by atoms with Crippen molar-refractivity contribution in [2.24, 2.45) is 12.9 Å². The molecule has 18 heavy (non-hydrogen) atoms. The molecule has 2 atom stereocenters. The van der Waals surface area contributed by atoms with Crippen LogP contribution in [0.2, 0.25) is 0 Å². The van der Waals surface area contributed by atoms with Gasteiger partial charge in [0.2, 0.25) is 0 Å². The minimum Gasteiger partial charge on any atom is -0.374 e. The van der Waals surface area contributed by atoms with Gasteiger partial charge in [0.25, 0.3) is 0 Å². The van der Waals surface area contributed by atoms with E-state index in [1.807, 2.05) is 19.4 Å². The van der Waals surface area contributed by atoms with Gasteiger partial charge in [0, 0.05) is 32.5 Å². The average Bonchev–Trinajstić information content (AvgIpc) is 2.76. The summed E-state index contributed by atoms with van der Waals surface area (Å²) < 4.78 is 8.00. The molecular formula is C13H24N4O. The van der Waals surface area contributed by atoms with Gasteiger partial charge in [-0.25, -0.2) is 4.98 Å². The fraction of sp³-hybridized carbons (Fsp3) is 0.769. The highest BCUT2D eigenvalue weighted by atomic mass is 16.5. The number of nitrogens with one attached hydrogen (secondary N) is 1. The molecule has 1 aromatic heterocycles. The maximum Gasteiger partial charge on any atom is 0.108 e. The van der Waals surface area contributed by atoms with Crippen molar-refractivity contribution in [3.63, 3.8) is 0 Å². The number of aromatic nitrogens is 2. The largest absolute Gasteiger partial charge is 0.374 e. The van der Waals surface area contributed by atoms with E-state index in [9.17, 15) is 0 Å². The summed E-state index contributed by atoms with van der Waals surface area (Å²) in [5, 5.41) is 0. The smallest absolute Gasteiger partial charge is 0.108 e. The second kappa shape index (κ2) is 5.82. The number of rotatable bonds is 5. The fourth-order valence-corrected chi connectivity index (χ4v) is 2.71. The molecule has 1 aromatic rings. The summed E-state index contributed by atoms with van der Waals surface area (Å²) in [6, 6.07) is 0.175. The van der Waals surface area contributed by atoms with Gasteiger partial charge >= 0.3 is 0 Å². The second-order valence-electron chi connectivity index (χ2n) is 5.33. The third-order valence-electron chi connectivity index (χ3n) is 4.02. The van der Waals surface area contributed by atoms with Crippen molar-refractivity contribution in [2.45, 2.75) is 50.7 Å². The third kappa shape index (κ3) is 2.91. The topological polar surface area (TPSA) is 65.1 Å². The Balaban J connectivity index is 1.94. The summed E-state index contributed by atoms with van der Waals surface area (Å²) >= 11 is 0. The lowest BCUT2D eigenvalue weighted by Crippen LogP contribution is -2.54. The fourth-order valence-electron chi connectivity index (χ4n) is 2.71. The van der Waals surface area contributed by atoms with Crippen molar-refractivity contribution < 1.29 is 4.74 Å². The van der Waals surface area contributed by atoms with Crippen LogP contribution >= 0.6 is 0 Å². The predicted molar refractivity (Wildman–Crippen MR) is 70.8 cm³/mol. The van der Waals surface area contributed by atoms with Crippen molar-refractivity contribution in [1.82, 2.24) is 15.0 Å². The molecule has 1 aliphatic heterocycles. The summed E-state index contributed by atoms with van der Waals surface area (Å²) in [6.45, 7) is 3.01. The molecule has 1 saturated heterocycles. The highest BCUT2D eigenvalue weighted by molar-refractivity contribution is 4.96. The van der Waals surface area contributed by atoms with E-state index in [1.54, 1.807) is 0 Å². The van der Waals surface area contributed by atoms with Crippen molar-refractivity contribution >= 4 is 0 Å². The molecular weight excluding hydrogens is 228 g/mol. The molecule has 3 N–H and O–H groups in total. The maximum absolute atomic E-state index is 5.95. The number of imidazole rings is 1. The Hall–Kier alpha value is -0.910. The molecule has 0 radical (unpaired) electrons. The number of nitrogens with two attached hydrogens (primary N) is 1. The first-order valence-corrected chi connectivity index (χ1v) is 6.72. The maximum atomic E-state index is 5.95. The number of aryl methyl sites for hydroxylation is 2. The van der Waals surface area contributed by atoms with Crippen molar-refractivity contribution in [3.05, 3.63) is 18.2 Å². The summed E-state index contributed by atoms with van der Waals surface area (Å²) in [4.78, 5) is 4.34. The number of hydrazine groups is 1. The number of ether oxygens (including phenoxy) is 1. The standard InChI is InChI=1S/C13H24N4O/c1-13(7-3-4-10-18-13)11(16-14)5-6-12-15-8-9-17(12)2/h8-9,11,16H,3-7,10,14H2,1-2H3. The highest BCUT2D eigenvalue weighted by Crippen LogP contribution is 2.29. The van der Waals surface area contributed by atoms with Crippen LogP contribution in [0.15, 0.2) is 12.4 Å². The first-order valence-electron chi connectivity index (χ1n) is 6.72. The lowest BCUT2D eigenvalue weighted by atomic mass is 9.86. The molecule has 102 valence electrons. The Morgan fingerprint density at radius 3 is 3.00 bits per heavy atom. The van der Waals surface area contributed by atoms with E-state index in [4.69, 9.17) is 10.6 Å². The zero-order valence-electron chi connectivity index (χ0n) is 11.4. The average molecular weight is 252 g/mol. The SMILES string of the molecule is Cn1ccnc1CCC(NN)C1(C)CCCCO1. The number of nitrogens with zero attached hydrogens (tertiary/aromatic N) is 2. The third-order valence-corrected chi connectivity index (χ3v) is 4.02. The molecule has 0 amide bonds. The first kappa shape index (κ1) is 13.5. The molecule has 2 heterocycles. The van der Waals surface area contributed by atoms with Gasteiger partial charge in [0.15, 0.2) is 0 Å². The Labute approximate surface area is 109 Å². The van der Waals surface area contributed by atoms with Crippen LogP contribution in [0.4, 0.5) is 0 Å². The van der Waals surface area contributed by atoms with Gasteiger partial charge in [-0.3, -0.25) is 11.3 Å². The monoisotopic (exact) mass is 252 g/mol. The van der Waals surface area contributed by atoms with Gasteiger partial charge in [-0.15, -0.1) is 0 Å². The van der Waals surface area contributed by atoms with E-state index in [0.29, 0.717) is 0 Å². The Morgan fingerprint density at radius 1 is 1.61 bits per heavy atom.